The quantitative estimate of drug-likeness (QED) is 0.939. The van der Waals surface area contributed by atoms with Gasteiger partial charge >= 0.3 is 0 Å². The molecular weight excluding hydrogens is 300 g/mol. The molecule has 3 rings (SSSR count). The number of nitrogens with one attached hydrogen (secondary N) is 1. The molecule has 1 amide bonds. The number of aryl methyl sites for hydroxylation is 2. The Bertz CT molecular complexity index is 708. The number of benzene rings is 1. The second-order valence-electron chi connectivity index (χ2n) is 6.40. The minimum atomic E-state index is 0.0788. The molecule has 0 bridgehead atoms. The number of nitrogens with zero attached hydrogens (tertiary/aromatic N) is 3. The molecule has 5 nitrogen and oxygen atoms in total. The van der Waals surface area contributed by atoms with Gasteiger partial charge in [-0.3, -0.25) is 4.79 Å². The Hall–Kier alpha value is -2.43. The van der Waals surface area contributed by atoms with E-state index in [-0.39, 0.29) is 11.8 Å². The Morgan fingerprint density at radius 1 is 1.21 bits per heavy atom. The zero-order valence-electron chi connectivity index (χ0n) is 14.3. The van der Waals surface area contributed by atoms with Crippen LogP contribution in [0.5, 0.6) is 0 Å². The minimum Gasteiger partial charge on any atom is -0.352 e. The van der Waals surface area contributed by atoms with Gasteiger partial charge in [-0.2, -0.15) is 0 Å². The number of hydrogen-bond donors (Lipinski definition) is 1. The summed E-state index contributed by atoms with van der Waals surface area (Å²) in [4.78, 5) is 23.4. The van der Waals surface area contributed by atoms with Crippen molar-refractivity contribution in [1.29, 1.82) is 0 Å². The van der Waals surface area contributed by atoms with Crippen molar-refractivity contribution in [2.24, 2.45) is 5.92 Å². The van der Waals surface area contributed by atoms with Gasteiger partial charge in [-0.1, -0.05) is 24.3 Å². The highest BCUT2D eigenvalue weighted by molar-refractivity contribution is 5.79. The fraction of sp³-hybridized carbons (Fsp3) is 0.421. The van der Waals surface area contributed by atoms with Crippen LogP contribution in [0.1, 0.15) is 29.7 Å². The van der Waals surface area contributed by atoms with Crippen LogP contribution in [0.15, 0.2) is 36.5 Å². The monoisotopic (exact) mass is 324 g/mol. The molecule has 5 heteroatoms. The average molecular weight is 324 g/mol. The maximum absolute atomic E-state index is 12.4. The number of anilines is 1. The fourth-order valence-electron chi connectivity index (χ4n) is 3.06. The number of hydrogen-bond acceptors (Lipinski definition) is 4. The number of piperidine rings is 1. The van der Waals surface area contributed by atoms with Crippen molar-refractivity contribution in [3.63, 3.8) is 0 Å². The van der Waals surface area contributed by atoms with E-state index in [9.17, 15) is 4.79 Å². The first-order valence-corrected chi connectivity index (χ1v) is 8.50. The van der Waals surface area contributed by atoms with Crippen molar-refractivity contribution in [2.75, 3.05) is 18.0 Å². The van der Waals surface area contributed by atoms with Crippen LogP contribution in [-0.4, -0.2) is 29.0 Å². The van der Waals surface area contributed by atoms with E-state index in [1.54, 1.807) is 6.20 Å². The highest BCUT2D eigenvalue weighted by Crippen LogP contribution is 2.21. The normalized spacial score (nSPS) is 15.3. The van der Waals surface area contributed by atoms with E-state index in [0.29, 0.717) is 6.54 Å². The van der Waals surface area contributed by atoms with E-state index in [4.69, 9.17) is 0 Å². The van der Waals surface area contributed by atoms with Crippen LogP contribution in [-0.2, 0) is 11.3 Å². The predicted molar refractivity (Wildman–Crippen MR) is 94.7 cm³/mol. The zero-order valence-corrected chi connectivity index (χ0v) is 14.3. The topological polar surface area (TPSA) is 58.1 Å². The summed E-state index contributed by atoms with van der Waals surface area (Å²) in [6.07, 6.45) is 3.48. The molecule has 24 heavy (non-hydrogen) atoms. The molecular formula is C19H24N4O. The molecule has 1 aromatic heterocycles. The highest BCUT2D eigenvalue weighted by atomic mass is 16.1. The van der Waals surface area contributed by atoms with Gasteiger partial charge in [0.2, 0.25) is 11.9 Å². The molecule has 0 spiro atoms. The predicted octanol–water partition coefficient (Wildman–Crippen LogP) is 2.63. The maximum Gasteiger partial charge on any atom is 0.225 e. The molecule has 1 aliphatic rings. The van der Waals surface area contributed by atoms with Crippen LogP contribution in [0.2, 0.25) is 0 Å². The van der Waals surface area contributed by atoms with Gasteiger partial charge in [0.15, 0.2) is 0 Å². The van der Waals surface area contributed by atoms with Gasteiger partial charge < -0.3 is 10.2 Å². The summed E-state index contributed by atoms with van der Waals surface area (Å²) in [6.45, 7) is 6.29. The first kappa shape index (κ1) is 16.4. The molecule has 1 aromatic carbocycles. The second kappa shape index (κ2) is 7.43. The molecule has 2 aromatic rings. The highest BCUT2D eigenvalue weighted by Gasteiger charge is 2.26. The summed E-state index contributed by atoms with van der Waals surface area (Å²) >= 11 is 0. The lowest BCUT2D eigenvalue weighted by Crippen LogP contribution is -2.41. The van der Waals surface area contributed by atoms with Gasteiger partial charge in [0.05, 0.1) is 0 Å². The zero-order chi connectivity index (χ0) is 16.9. The van der Waals surface area contributed by atoms with Crippen LogP contribution >= 0.6 is 0 Å². The third-order valence-corrected chi connectivity index (χ3v) is 4.65. The Labute approximate surface area is 143 Å². The molecule has 1 fully saturated rings. The minimum absolute atomic E-state index is 0.0788. The van der Waals surface area contributed by atoms with Crippen LogP contribution in [0.25, 0.3) is 0 Å². The van der Waals surface area contributed by atoms with Crippen molar-refractivity contribution in [2.45, 2.75) is 33.2 Å². The van der Waals surface area contributed by atoms with Crippen LogP contribution in [0.3, 0.4) is 0 Å². The van der Waals surface area contributed by atoms with E-state index in [1.165, 1.54) is 11.1 Å². The van der Waals surface area contributed by atoms with Crippen molar-refractivity contribution in [1.82, 2.24) is 15.3 Å². The van der Waals surface area contributed by atoms with Gasteiger partial charge in [0.1, 0.15) is 0 Å². The van der Waals surface area contributed by atoms with Crippen LogP contribution in [0, 0.1) is 19.8 Å². The number of carbonyl (C=O) groups is 1. The third-order valence-electron chi connectivity index (χ3n) is 4.65. The van der Waals surface area contributed by atoms with Gasteiger partial charge in [-0.25, -0.2) is 9.97 Å². The maximum atomic E-state index is 12.4. The van der Waals surface area contributed by atoms with Crippen molar-refractivity contribution in [3.05, 3.63) is 53.3 Å². The van der Waals surface area contributed by atoms with Gasteiger partial charge in [-0.15, -0.1) is 0 Å². The van der Waals surface area contributed by atoms with E-state index < -0.39 is 0 Å². The summed E-state index contributed by atoms with van der Waals surface area (Å²) in [6, 6.07) is 10.1. The van der Waals surface area contributed by atoms with Crippen LogP contribution in [0.4, 0.5) is 5.95 Å². The number of aromatic nitrogens is 2. The van der Waals surface area contributed by atoms with E-state index in [2.05, 4.69) is 39.2 Å². The molecule has 0 atom stereocenters. The van der Waals surface area contributed by atoms with Gasteiger partial charge in [0.25, 0.3) is 0 Å². The Morgan fingerprint density at radius 3 is 2.67 bits per heavy atom. The Kier molecular flexibility index (Phi) is 5.08. The molecule has 0 saturated carbocycles. The molecule has 2 heterocycles. The standard InChI is InChI=1S/C19H24N4O/c1-14-5-3-4-6-17(14)13-21-18(24)16-8-11-23(12-9-16)19-20-10-7-15(2)22-19/h3-7,10,16H,8-9,11-13H2,1-2H3,(H,21,24). The lowest BCUT2D eigenvalue weighted by molar-refractivity contribution is -0.125. The molecule has 1 aliphatic heterocycles. The second-order valence-corrected chi connectivity index (χ2v) is 6.40. The van der Waals surface area contributed by atoms with Crippen molar-refractivity contribution >= 4 is 11.9 Å². The van der Waals surface area contributed by atoms with E-state index >= 15 is 0 Å². The van der Waals surface area contributed by atoms with Crippen molar-refractivity contribution in [3.8, 4) is 0 Å². The summed E-state index contributed by atoms with van der Waals surface area (Å²) in [5, 5.41) is 3.08. The molecule has 1 saturated heterocycles. The summed E-state index contributed by atoms with van der Waals surface area (Å²) in [7, 11) is 0. The first-order valence-electron chi connectivity index (χ1n) is 8.50. The largest absolute Gasteiger partial charge is 0.352 e. The van der Waals surface area contributed by atoms with Crippen molar-refractivity contribution < 1.29 is 4.79 Å². The fourth-order valence-corrected chi connectivity index (χ4v) is 3.06. The molecule has 0 aliphatic carbocycles. The van der Waals surface area contributed by atoms with E-state index in [0.717, 1.165) is 37.6 Å². The molecule has 1 N–H and O–H groups in total. The number of rotatable bonds is 4. The summed E-state index contributed by atoms with van der Waals surface area (Å²) < 4.78 is 0. The Balaban J connectivity index is 1.51. The number of amides is 1. The summed E-state index contributed by atoms with van der Waals surface area (Å²) in [5.74, 6) is 1.01. The van der Waals surface area contributed by atoms with Gasteiger partial charge in [-0.05, 0) is 43.9 Å². The lowest BCUT2D eigenvalue weighted by Gasteiger charge is -2.31. The summed E-state index contributed by atoms with van der Waals surface area (Å²) in [5.41, 5.74) is 3.36. The molecule has 126 valence electrons. The Morgan fingerprint density at radius 2 is 1.96 bits per heavy atom. The number of carbonyl (C=O) groups excluding carboxylic acids is 1. The average Bonchev–Trinajstić information content (AvgIpc) is 2.61. The van der Waals surface area contributed by atoms with E-state index in [1.807, 2.05) is 25.1 Å². The van der Waals surface area contributed by atoms with Gasteiger partial charge in [0, 0.05) is 37.4 Å². The smallest absolute Gasteiger partial charge is 0.225 e. The third kappa shape index (κ3) is 3.91. The molecule has 0 unspecified atom stereocenters. The SMILES string of the molecule is Cc1ccnc(N2CCC(C(=O)NCc3ccccc3C)CC2)n1. The lowest BCUT2D eigenvalue weighted by atomic mass is 9.96. The first-order chi connectivity index (χ1) is 11.6. The molecule has 0 radical (unpaired) electrons. The van der Waals surface area contributed by atoms with Crippen LogP contribution < -0.4 is 10.2 Å².